The highest BCUT2D eigenvalue weighted by Crippen LogP contribution is 2.25. The highest BCUT2D eigenvalue weighted by atomic mass is 32.2. The van der Waals surface area contributed by atoms with Crippen LogP contribution in [0, 0.1) is 0 Å². The standard InChI is InChI=1S/C8H17NOS/c1-6(10)7(9-4)8(2,3)11-5/h7,9H,1-5H3. The van der Waals surface area contributed by atoms with Gasteiger partial charge in [0, 0.05) is 4.75 Å². The Kier molecular flexibility index (Phi) is 4.11. The van der Waals surface area contributed by atoms with E-state index in [0.29, 0.717) is 0 Å². The third-order valence-corrected chi connectivity index (χ3v) is 3.20. The Hall–Kier alpha value is -0.0200. The Morgan fingerprint density at radius 3 is 2.09 bits per heavy atom. The van der Waals surface area contributed by atoms with Crippen LogP contribution in [0.15, 0.2) is 0 Å². The molecule has 0 radical (unpaired) electrons. The molecular formula is C8H17NOS. The van der Waals surface area contributed by atoms with Gasteiger partial charge in [-0.15, -0.1) is 0 Å². The van der Waals surface area contributed by atoms with E-state index in [0.717, 1.165) is 0 Å². The molecule has 11 heavy (non-hydrogen) atoms. The summed E-state index contributed by atoms with van der Waals surface area (Å²) in [7, 11) is 1.82. The zero-order chi connectivity index (χ0) is 9.07. The lowest BCUT2D eigenvalue weighted by Crippen LogP contribution is -2.47. The number of nitrogens with one attached hydrogen (secondary N) is 1. The van der Waals surface area contributed by atoms with Crippen molar-refractivity contribution < 1.29 is 4.79 Å². The van der Waals surface area contributed by atoms with Gasteiger partial charge in [-0.2, -0.15) is 11.8 Å². The predicted octanol–water partition coefficient (Wildman–Crippen LogP) is 1.30. The number of rotatable bonds is 4. The van der Waals surface area contributed by atoms with Crippen molar-refractivity contribution in [2.45, 2.75) is 31.6 Å². The Bertz CT molecular complexity index is 145. The van der Waals surface area contributed by atoms with Crippen LogP contribution in [-0.4, -0.2) is 29.9 Å². The maximum absolute atomic E-state index is 11.1. The first-order valence-corrected chi connectivity index (χ1v) is 4.91. The maximum Gasteiger partial charge on any atom is 0.148 e. The molecule has 0 heterocycles. The maximum atomic E-state index is 11.1. The van der Waals surface area contributed by atoms with Crippen molar-refractivity contribution in [1.29, 1.82) is 0 Å². The molecule has 0 amide bonds. The predicted molar refractivity (Wildman–Crippen MR) is 51.1 cm³/mol. The summed E-state index contributed by atoms with van der Waals surface area (Å²) in [5.41, 5.74) is 0. The highest BCUT2D eigenvalue weighted by molar-refractivity contribution is 8.00. The van der Waals surface area contributed by atoms with Crippen molar-refractivity contribution in [3.8, 4) is 0 Å². The van der Waals surface area contributed by atoms with Gasteiger partial charge in [0.15, 0.2) is 0 Å². The number of likely N-dealkylation sites (N-methyl/N-ethyl adjacent to an activating group) is 1. The molecule has 0 aliphatic carbocycles. The summed E-state index contributed by atoms with van der Waals surface area (Å²) in [6.07, 6.45) is 2.02. The van der Waals surface area contributed by atoms with Gasteiger partial charge < -0.3 is 5.32 Å². The number of thioether (sulfide) groups is 1. The summed E-state index contributed by atoms with van der Waals surface area (Å²) >= 11 is 1.70. The molecule has 0 aromatic carbocycles. The lowest BCUT2D eigenvalue weighted by atomic mass is 10.0. The SMILES string of the molecule is CNC(C(C)=O)C(C)(C)SC. The van der Waals surface area contributed by atoms with E-state index in [9.17, 15) is 4.79 Å². The minimum Gasteiger partial charge on any atom is -0.309 e. The van der Waals surface area contributed by atoms with E-state index in [1.54, 1.807) is 18.7 Å². The van der Waals surface area contributed by atoms with E-state index >= 15 is 0 Å². The van der Waals surface area contributed by atoms with Gasteiger partial charge in [-0.1, -0.05) is 0 Å². The average molecular weight is 175 g/mol. The molecule has 3 heteroatoms. The van der Waals surface area contributed by atoms with Gasteiger partial charge in [0.25, 0.3) is 0 Å². The zero-order valence-electron chi connectivity index (χ0n) is 7.89. The number of hydrogen-bond donors (Lipinski definition) is 1. The first-order valence-electron chi connectivity index (χ1n) is 3.68. The molecule has 0 rings (SSSR count). The molecule has 0 fully saturated rings. The van der Waals surface area contributed by atoms with Gasteiger partial charge in [-0.3, -0.25) is 4.79 Å². The van der Waals surface area contributed by atoms with Crippen LogP contribution >= 0.6 is 11.8 Å². The van der Waals surface area contributed by atoms with Crippen LogP contribution in [-0.2, 0) is 4.79 Å². The van der Waals surface area contributed by atoms with Crippen molar-refractivity contribution >= 4 is 17.5 Å². The normalized spacial score (nSPS) is 14.6. The summed E-state index contributed by atoms with van der Waals surface area (Å²) < 4.78 is -0.0133. The molecule has 66 valence electrons. The van der Waals surface area contributed by atoms with E-state index in [-0.39, 0.29) is 16.6 Å². The molecular weight excluding hydrogens is 158 g/mol. The number of Topliss-reactive ketones (excluding diaryl/α,β-unsaturated/α-hetero) is 1. The smallest absolute Gasteiger partial charge is 0.148 e. The van der Waals surface area contributed by atoms with Crippen molar-refractivity contribution in [3.05, 3.63) is 0 Å². The second-order valence-corrected chi connectivity index (χ2v) is 4.60. The van der Waals surface area contributed by atoms with Crippen LogP contribution in [0.3, 0.4) is 0 Å². The fourth-order valence-electron chi connectivity index (χ4n) is 1.16. The summed E-state index contributed by atoms with van der Waals surface area (Å²) in [5, 5.41) is 3.02. The van der Waals surface area contributed by atoms with Gasteiger partial charge in [-0.25, -0.2) is 0 Å². The first-order chi connectivity index (χ1) is 4.95. The van der Waals surface area contributed by atoms with E-state index < -0.39 is 0 Å². The zero-order valence-corrected chi connectivity index (χ0v) is 8.71. The van der Waals surface area contributed by atoms with Crippen molar-refractivity contribution in [2.75, 3.05) is 13.3 Å². The molecule has 1 unspecified atom stereocenters. The molecule has 1 N–H and O–H groups in total. The summed E-state index contributed by atoms with van der Waals surface area (Å²) in [5.74, 6) is 0.201. The summed E-state index contributed by atoms with van der Waals surface area (Å²) in [6, 6.07) is -0.0440. The molecule has 0 saturated carbocycles. The van der Waals surface area contributed by atoms with Gasteiger partial charge in [0.1, 0.15) is 5.78 Å². The molecule has 0 aromatic heterocycles. The van der Waals surface area contributed by atoms with Crippen LogP contribution in [0.1, 0.15) is 20.8 Å². The first kappa shape index (κ1) is 11.0. The van der Waals surface area contributed by atoms with Crippen LogP contribution < -0.4 is 5.32 Å². The molecule has 2 nitrogen and oxygen atoms in total. The third-order valence-electron chi connectivity index (χ3n) is 1.92. The third kappa shape index (κ3) is 2.83. The number of hydrogen-bond acceptors (Lipinski definition) is 3. The topological polar surface area (TPSA) is 29.1 Å². The van der Waals surface area contributed by atoms with Crippen LogP contribution in [0.5, 0.6) is 0 Å². The summed E-state index contributed by atoms with van der Waals surface area (Å²) in [6.45, 7) is 5.76. The van der Waals surface area contributed by atoms with E-state index in [1.165, 1.54) is 0 Å². The average Bonchev–Trinajstić information content (AvgIpc) is 1.88. The van der Waals surface area contributed by atoms with Crippen LogP contribution in [0.4, 0.5) is 0 Å². The van der Waals surface area contributed by atoms with Gasteiger partial charge >= 0.3 is 0 Å². The van der Waals surface area contributed by atoms with Gasteiger partial charge in [0.2, 0.25) is 0 Å². The molecule has 1 atom stereocenters. The quantitative estimate of drug-likeness (QED) is 0.698. The Balaban J connectivity index is 4.36. The monoisotopic (exact) mass is 175 g/mol. The fraction of sp³-hybridized carbons (Fsp3) is 0.875. The Labute approximate surface area is 73.1 Å². The minimum absolute atomic E-state index is 0.0133. The van der Waals surface area contributed by atoms with Crippen molar-refractivity contribution in [1.82, 2.24) is 5.32 Å². The molecule has 0 spiro atoms. The van der Waals surface area contributed by atoms with Crippen molar-refractivity contribution in [2.24, 2.45) is 0 Å². The molecule has 0 saturated heterocycles. The second kappa shape index (κ2) is 4.12. The number of ketones is 1. The fourth-order valence-corrected chi connectivity index (χ4v) is 1.68. The number of carbonyl (C=O) groups is 1. The highest BCUT2D eigenvalue weighted by Gasteiger charge is 2.30. The molecule has 0 bridgehead atoms. The van der Waals surface area contributed by atoms with Crippen LogP contribution in [0.2, 0.25) is 0 Å². The van der Waals surface area contributed by atoms with Gasteiger partial charge in [0.05, 0.1) is 6.04 Å². The molecule has 0 aliphatic rings. The summed E-state index contributed by atoms with van der Waals surface area (Å²) in [4.78, 5) is 11.1. The van der Waals surface area contributed by atoms with Crippen molar-refractivity contribution in [3.63, 3.8) is 0 Å². The second-order valence-electron chi connectivity index (χ2n) is 3.14. The van der Waals surface area contributed by atoms with E-state index in [2.05, 4.69) is 19.2 Å². The minimum atomic E-state index is -0.0440. The van der Waals surface area contributed by atoms with E-state index in [1.807, 2.05) is 13.3 Å². The lowest BCUT2D eigenvalue weighted by molar-refractivity contribution is -0.119. The lowest BCUT2D eigenvalue weighted by Gasteiger charge is -2.30. The van der Waals surface area contributed by atoms with Gasteiger partial charge in [-0.05, 0) is 34.1 Å². The Morgan fingerprint density at radius 1 is 1.55 bits per heavy atom. The Morgan fingerprint density at radius 2 is 2.00 bits per heavy atom. The molecule has 0 aromatic rings. The van der Waals surface area contributed by atoms with Crippen LogP contribution in [0.25, 0.3) is 0 Å². The largest absolute Gasteiger partial charge is 0.309 e. The number of carbonyl (C=O) groups excluding carboxylic acids is 1. The van der Waals surface area contributed by atoms with E-state index in [4.69, 9.17) is 0 Å². The molecule has 0 aliphatic heterocycles.